The monoisotopic (exact) mass is 516 g/mol. The van der Waals surface area contributed by atoms with Gasteiger partial charge >= 0.3 is 12.0 Å². The zero-order valence-corrected chi connectivity index (χ0v) is 19.7. The summed E-state index contributed by atoms with van der Waals surface area (Å²) in [4.78, 5) is 56.7. The molecule has 1 saturated heterocycles. The zero-order valence-electron chi connectivity index (χ0n) is 19.0. The lowest BCUT2D eigenvalue weighted by atomic mass is 10.2. The van der Waals surface area contributed by atoms with E-state index in [1.165, 1.54) is 41.4 Å². The van der Waals surface area contributed by atoms with Gasteiger partial charge in [0.1, 0.15) is 24.8 Å². The van der Waals surface area contributed by atoms with Crippen LogP contribution in [0.4, 0.5) is 26.4 Å². The lowest BCUT2D eigenvalue weighted by molar-refractivity contribution is -0.145. The number of hydrogen-bond acceptors (Lipinski definition) is 7. The number of halogens is 2. The van der Waals surface area contributed by atoms with E-state index in [2.05, 4.69) is 16.9 Å². The minimum absolute atomic E-state index is 0.0149. The number of aromatic nitrogens is 1. The summed E-state index contributed by atoms with van der Waals surface area (Å²) < 4.78 is 25.4. The lowest BCUT2D eigenvalue weighted by Gasteiger charge is -2.28. The van der Waals surface area contributed by atoms with Crippen LogP contribution >= 0.6 is 11.6 Å². The molecule has 1 aliphatic carbocycles. The van der Waals surface area contributed by atoms with Gasteiger partial charge in [0.25, 0.3) is 5.91 Å². The van der Waals surface area contributed by atoms with Gasteiger partial charge in [-0.05, 0) is 36.8 Å². The van der Waals surface area contributed by atoms with Crippen molar-refractivity contribution in [2.24, 2.45) is 11.8 Å². The molecule has 1 aliphatic heterocycles. The summed E-state index contributed by atoms with van der Waals surface area (Å²) in [6, 6.07) is 5.65. The molecule has 10 nitrogen and oxygen atoms in total. The molecule has 0 bridgehead atoms. The fourth-order valence-corrected chi connectivity index (χ4v) is 3.83. The quantitative estimate of drug-likeness (QED) is 0.443. The number of nitrogens with zero attached hydrogens (tertiary/aromatic N) is 3. The number of nitrogens with one attached hydrogen (secondary N) is 1. The largest absolute Gasteiger partial charge is 0.461 e. The summed E-state index contributed by atoms with van der Waals surface area (Å²) in [7, 11) is 0. The fraction of sp³-hybridized carbons (Fsp3) is 0.292. The van der Waals surface area contributed by atoms with Crippen LogP contribution in [0.15, 0.2) is 49.2 Å². The van der Waals surface area contributed by atoms with Crippen LogP contribution in [0, 0.1) is 17.7 Å². The molecule has 2 atom stereocenters. The number of rotatable bonds is 7. The van der Waals surface area contributed by atoms with Crippen LogP contribution in [0.1, 0.15) is 6.42 Å². The van der Waals surface area contributed by atoms with E-state index in [1.807, 2.05) is 0 Å². The predicted octanol–water partition coefficient (Wildman–Crippen LogP) is 3.17. The van der Waals surface area contributed by atoms with Crippen molar-refractivity contribution in [2.45, 2.75) is 6.42 Å². The van der Waals surface area contributed by atoms with Gasteiger partial charge < -0.3 is 14.4 Å². The molecule has 2 aliphatic rings. The molecule has 1 aromatic heterocycles. The molecule has 2 aromatic rings. The summed E-state index contributed by atoms with van der Waals surface area (Å²) in [5, 5.41) is 2.77. The molecule has 1 saturated carbocycles. The lowest BCUT2D eigenvalue weighted by Crippen LogP contribution is -2.43. The number of morpholine rings is 1. The van der Waals surface area contributed by atoms with Crippen LogP contribution in [0.25, 0.3) is 0 Å². The first-order valence-corrected chi connectivity index (χ1v) is 11.4. The minimum atomic E-state index is -0.978. The normalized spacial score (nSPS) is 18.8. The molecular weight excluding hydrogens is 495 g/mol. The van der Waals surface area contributed by atoms with Gasteiger partial charge in [0, 0.05) is 18.4 Å². The Morgan fingerprint density at radius 2 is 2.11 bits per heavy atom. The molecule has 0 spiro atoms. The number of carbonyl (C=O) groups is 4. The smallest absolute Gasteiger partial charge is 0.334 e. The van der Waals surface area contributed by atoms with E-state index in [-0.39, 0.29) is 49.3 Å². The van der Waals surface area contributed by atoms with E-state index in [4.69, 9.17) is 21.1 Å². The van der Waals surface area contributed by atoms with Crippen molar-refractivity contribution in [3.63, 3.8) is 0 Å². The van der Waals surface area contributed by atoms with Crippen molar-refractivity contribution in [2.75, 3.05) is 41.5 Å². The number of amides is 4. The maximum atomic E-state index is 15.3. The Bertz CT molecular complexity index is 1210. The molecule has 0 radical (unpaired) electrons. The summed E-state index contributed by atoms with van der Waals surface area (Å²) in [6.07, 6.45) is 2.84. The van der Waals surface area contributed by atoms with Crippen molar-refractivity contribution in [1.29, 1.82) is 0 Å². The third-order valence-corrected chi connectivity index (χ3v) is 5.83. The number of hydrogen-bond donors (Lipinski definition) is 1. The molecule has 0 unspecified atom stereocenters. The van der Waals surface area contributed by atoms with E-state index < -0.39 is 35.6 Å². The second kappa shape index (κ2) is 10.8. The summed E-state index contributed by atoms with van der Waals surface area (Å²) in [5.41, 5.74) is -0.0879. The average molecular weight is 517 g/mol. The first-order valence-electron chi connectivity index (χ1n) is 11.0. The molecule has 2 heterocycles. The molecule has 4 amide bonds. The Balaban J connectivity index is 1.61. The SMILES string of the molecule is C=CCOC(=O)[C@@H]1C[C@H]1C(=O)N(C(=O)Nc1ccc(Cl)cn1)c1ccc(N2CCOCC2=O)cc1F. The van der Waals surface area contributed by atoms with Gasteiger partial charge in [-0.25, -0.2) is 19.1 Å². The highest BCUT2D eigenvalue weighted by molar-refractivity contribution is 6.30. The van der Waals surface area contributed by atoms with E-state index >= 15 is 4.39 Å². The summed E-state index contributed by atoms with van der Waals surface area (Å²) in [5.74, 6) is -4.18. The molecule has 4 rings (SSSR count). The maximum Gasteiger partial charge on any atom is 0.334 e. The number of carbonyl (C=O) groups excluding carboxylic acids is 4. The number of pyridine rings is 1. The van der Waals surface area contributed by atoms with Crippen molar-refractivity contribution in [3.05, 3.63) is 60.0 Å². The molecule has 1 aromatic carbocycles. The zero-order chi connectivity index (χ0) is 25.8. The third-order valence-electron chi connectivity index (χ3n) is 5.61. The summed E-state index contributed by atoms with van der Waals surface area (Å²) in [6.45, 7) is 3.85. The fourth-order valence-electron chi connectivity index (χ4n) is 3.72. The van der Waals surface area contributed by atoms with Gasteiger partial charge in [-0.15, -0.1) is 0 Å². The molecular formula is C24H22ClFN4O6. The number of imide groups is 1. The highest BCUT2D eigenvalue weighted by Crippen LogP contribution is 2.42. The molecule has 2 fully saturated rings. The number of anilines is 3. The van der Waals surface area contributed by atoms with Crippen LogP contribution in [-0.4, -0.2) is 55.2 Å². The van der Waals surface area contributed by atoms with Gasteiger partial charge in [-0.3, -0.25) is 19.7 Å². The topological polar surface area (TPSA) is 118 Å². The van der Waals surface area contributed by atoms with Crippen LogP contribution < -0.4 is 15.1 Å². The van der Waals surface area contributed by atoms with Crippen molar-refractivity contribution in [1.82, 2.24) is 4.98 Å². The Morgan fingerprint density at radius 1 is 1.31 bits per heavy atom. The number of esters is 1. The highest BCUT2D eigenvalue weighted by Gasteiger charge is 2.52. The average Bonchev–Trinajstić information content (AvgIpc) is 3.66. The van der Waals surface area contributed by atoms with Gasteiger partial charge in [0.05, 0.1) is 29.2 Å². The van der Waals surface area contributed by atoms with E-state index in [0.717, 1.165) is 6.07 Å². The van der Waals surface area contributed by atoms with Crippen LogP contribution in [-0.2, 0) is 23.9 Å². The molecule has 188 valence electrons. The molecule has 12 heteroatoms. The second-order valence-corrected chi connectivity index (χ2v) is 8.50. The van der Waals surface area contributed by atoms with Crippen molar-refractivity contribution in [3.8, 4) is 0 Å². The van der Waals surface area contributed by atoms with Crippen LogP contribution in [0.5, 0.6) is 0 Å². The number of benzene rings is 1. The Kier molecular flexibility index (Phi) is 7.61. The Morgan fingerprint density at radius 3 is 2.78 bits per heavy atom. The van der Waals surface area contributed by atoms with Crippen LogP contribution in [0.2, 0.25) is 5.02 Å². The van der Waals surface area contributed by atoms with Crippen molar-refractivity contribution >= 4 is 52.6 Å². The van der Waals surface area contributed by atoms with E-state index in [1.54, 1.807) is 0 Å². The standard InChI is InChI=1S/C24H22ClFN4O6/c1-2-8-36-23(33)17-11-16(17)22(32)30(24(34)28-20-6-3-14(25)12-27-20)19-5-4-15(10-18(19)26)29-7-9-35-13-21(29)31/h2-6,10,12,16-17H,1,7-9,11,13H2,(H,27,28,34)/t16-,17-/m1/s1. The summed E-state index contributed by atoms with van der Waals surface area (Å²) >= 11 is 5.82. The Labute approximate surface area is 210 Å². The minimum Gasteiger partial charge on any atom is -0.461 e. The van der Waals surface area contributed by atoms with Gasteiger partial charge in [-0.2, -0.15) is 0 Å². The van der Waals surface area contributed by atoms with Gasteiger partial charge in [-0.1, -0.05) is 24.3 Å². The molecule has 1 N–H and O–H groups in total. The second-order valence-electron chi connectivity index (χ2n) is 8.07. The molecule has 36 heavy (non-hydrogen) atoms. The third kappa shape index (κ3) is 5.52. The van der Waals surface area contributed by atoms with E-state index in [9.17, 15) is 19.2 Å². The maximum absolute atomic E-state index is 15.3. The van der Waals surface area contributed by atoms with E-state index in [0.29, 0.717) is 16.5 Å². The predicted molar refractivity (Wildman–Crippen MR) is 128 cm³/mol. The Hall–Kier alpha value is -3.83. The van der Waals surface area contributed by atoms with Gasteiger partial charge in [0.15, 0.2) is 0 Å². The van der Waals surface area contributed by atoms with Gasteiger partial charge in [0.2, 0.25) is 5.91 Å². The number of ether oxygens (including phenoxy) is 2. The van der Waals surface area contributed by atoms with Crippen LogP contribution in [0.3, 0.4) is 0 Å². The first-order chi connectivity index (χ1) is 17.3. The van der Waals surface area contributed by atoms with Crippen molar-refractivity contribution < 1.29 is 33.0 Å². The highest BCUT2D eigenvalue weighted by atomic mass is 35.5. The number of urea groups is 1. The first kappa shape index (κ1) is 25.3.